The van der Waals surface area contributed by atoms with E-state index in [1.165, 1.54) is 117 Å². The van der Waals surface area contributed by atoms with E-state index < -0.39 is 0 Å². The van der Waals surface area contributed by atoms with Crippen LogP contribution in [0.5, 0.6) is 0 Å². The van der Waals surface area contributed by atoms with Crippen LogP contribution in [0.4, 0.5) is 0 Å². The third-order valence-corrected chi connectivity index (χ3v) is 13.8. The molecule has 0 N–H and O–H groups in total. The van der Waals surface area contributed by atoms with Gasteiger partial charge >= 0.3 is 0 Å². The van der Waals surface area contributed by atoms with E-state index in [9.17, 15) is 0 Å². The highest BCUT2D eigenvalue weighted by Crippen LogP contribution is 2.47. The largest absolute Gasteiger partial charge is 0.135 e. The minimum absolute atomic E-state index is 1.26. The van der Waals surface area contributed by atoms with E-state index in [0.29, 0.717) is 0 Å². The zero-order valence-electron chi connectivity index (χ0n) is 29.1. The quantitative estimate of drug-likeness (QED) is 0.160. The number of thiophene rings is 2. The summed E-state index contributed by atoms with van der Waals surface area (Å²) in [7, 11) is 0. The SMILES string of the molecule is c1ccc2c(-c3c4ccccc4c(-c4ccc5c(c4)sc4cc(-c6ccc7c(c6)sc6c8ccccc8ccc76)ccc45)c4ccccc34)cccc2c1. The van der Waals surface area contributed by atoms with Gasteiger partial charge in [0.15, 0.2) is 0 Å². The van der Waals surface area contributed by atoms with Gasteiger partial charge < -0.3 is 0 Å². The normalized spacial score (nSPS) is 12.1. The Bertz CT molecular complexity index is 3440. The monoisotopic (exact) mass is 718 g/mol. The molecule has 0 atom stereocenters. The van der Waals surface area contributed by atoms with Gasteiger partial charge in [0.25, 0.3) is 0 Å². The Kier molecular flexibility index (Phi) is 6.48. The molecule has 12 aromatic rings. The van der Waals surface area contributed by atoms with Crippen LogP contribution in [0.25, 0.3) is 117 Å². The van der Waals surface area contributed by atoms with Gasteiger partial charge in [-0.3, -0.25) is 0 Å². The standard InChI is InChI=1S/C52H30S2/c1-3-13-36-31(10-1)12-9-19-41(36)51-44-17-7-5-15-42(44)50(43-16-6-8-18-45(43)51)35-23-26-39-38-24-21-33(28-47(38)53-48(39)30-35)34-22-25-40-46-27-20-32-11-2-4-14-37(32)52(46)54-49(40)29-34/h1-30H. The van der Waals surface area contributed by atoms with Crippen LogP contribution in [0.2, 0.25) is 0 Å². The molecule has 2 aromatic heterocycles. The Morgan fingerprint density at radius 2 is 0.704 bits per heavy atom. The van der Waals surface area contributed by atoms with E-state index in [1.807, 2.05) is 22.7 Å². The summed E-state index contributed by atoms with van der Waals surface area (Å²) in [6.45, 7) is 0. The average Bonchev–Trinajstić information content (AvgIpc) is 3.80. The van der Waals surface area contributed by atoms with Gasteiger partial charge in [-0.1, -0.05) is 164 Å². The minimum Gasteiger partial charge on any atom is -0.135 e. The summed E-state index contributed by atoms with van der Waals surface area (Å²) in [6, 6.07) is 67.8. The van der Waals surface area contributed by atoms with Crippen molar-refractivity contribution in [2.45, 2.75) is 0 Å². The first kappa shape index (κ1) is 30.2. The molecule has 250 valence electrons. The van der Waals surface area contributed by atoms with Crippen LogP contribution in [0.3, 0.4) is 0 Å². The number of benzene rings is 10. The first-order chi connectivity index (χ1) is 26.8. The van der Waals surface area contributed by atoms with Crippen LogP contribution < -0.4 is 0 Å². The first-order valence-electron chi connectivity index (χ1n) is 18.5. The second-order valence-corrected chi connectivity index (χ2v) is 16.5. The molecule has 0 nitrogen and oxygen atoms in total. The van der Waals surface area contributed by atoms with E-state index >= 15 is 0 Å². The summed E-state index contributed by atoms with van der Waals surface area (Å²) >= 11 is 3.81. The molecule has 0 unspecified atom stereocenters. The molecule has 54 heavy (non-hydrogen) atoms. The van der Waals surface area contributed by atoms with Crippen LogP contribution in [0.15, 0.2) is 182 Å². The molecule has 2 heterocycles. The van der Waals surface area contributed by atoms with Crippen molar-refractivity contribution in [3.63, 3.8) is 0 Å². The molecule has 0 fully saturated rings. The maximum absolute atomic E-state index is 2.43. The molecule has 0 bridgehead atoms. The third kappa shape index (κ3) is 4.42. The summed E-state index contributed by atoms with van der Waals surface area (Å²) in [5, 5.41) is 15.6. The van der Waals surface area contributed by atoms with E-state index in [0.717, 1.165) is 0 Å². The number of hydrogen-bond donors (Lipinski definition) is 0. The fourth-order valence-electron chi connectivity index (χ4n) is 8.97. The van der Waals surface area contributed by atoms with E-state index in [-0.39, 0.29) is 0 Å². The molecular weight excluding hydrogens is 689 g/mol. The molecular formula is C52H30S2. The Morgan fingerprint density at radius 3 is 1.35 bits per heavy atom. The summed E-state index contributed by atoms with van der Waals surface area (Å²) in [6.07, 6.45) is 0. The van der Waals surface area contributed by atoms with Gasteiger partial charge in [0.2, 0.25) is 0 Å². The summed E-state index contributed by atoms with van der Waals surface area (Å²) in [5.74, 6) is 0. The van der Waals surface area contributed by atoms with Gasteiger partial charge in [0.1, 0.15) is 0 Å². The van der Waals surface area contributed by atoms with Crippen molar-refractivity contribution < 1.29 is 0 Å². The average molecular weight is 719 g/mol. The van der Waals surface area contributed by atoms with Gasteiger partial charge in [0.05, 0.1) is 0 Å². The Balaban J connectivity index is 1.01. The summed E-state index contributed by atoms with van der Waals surface area (Å²) in [5.41, 5.74) is 7.67. The highest BCUT2D eigenvalue weighted by atomic mass is 32.1. The highest BCUT2D eigenvalue weighted by molar-refractivity contribution is 7.27. The Morgan fingerprint density at radius 1 is 0.259 bits per heavy atom. The highest BCUT2D eigenvalue weighted by Gasteiger charge is 2.19. The van der Waals surface area contributed by atoms with Crippen LogP contribution >= 0.6 is 22.7 Å². The van der Waals surface area contributed by atoms with Crippen molar-refractivity contribution in [2.24, 2.45) is 0 Å². The fraction of sp³-hybridized carbons (Fsp3) is 0. The second-order valence-electron chi connectivity index (χ2n) is 14.4. The summed E-state index contributed by atoms with van der Waals surface area (Å²) in [4.78, 5) is 0. The van der Waals surface area contributed by atoms with Gasteiger partial charge in [-0.15, -0.1) is 22.7 Å². The third-order valence-electron chi connectivity index (χ3n) is 11.4. The fourth-order valence-corrected chi connectivity index (χ4v) is 11.4. The van der Waals surface area contributed by atoms with E-state index in [1.54, 1.807) is 0 Å². The van der Waals surface area contributed by atoms with Crippen molar-refractivity contribution in [3.05, 3.63) is 182 Å². The molecule has 0 spiro atoms. The lowest BCUT2D eigenvalue weighted by atomic mass is 9.84. The molecule has 0 saturated carbocycles. The summed E-state index contributed by atoms with van der Waals surface area (Å²) < 4.78 is 5.35. The molecule has 0 aliphatic rings. The maximum Gasteiger partial charge on any atom is 0.0433 e. The predicted molar refractivity (Wildman–Crippen MR) is 239 cm³/mol. The molecule has 0 radical (unpaired) electrons. The molecule has 10 aromatic carbocycles. The molecule has 0 aliphatic carbocycles. The lowest BCUT2D eigenvalue weighted by molar-refractivity contribution is 1.69. The molecule has 0 amide bonds. The zero-order valence-corrected chi connectivity index (χ0v) is 30.8. The van der Waals surface area contributed by atoms with Crippen LogP contribution in [0, 0.1) is 0 Å². The van der Waals surface area contributed by atoms with E-state index in [2.05, 4.69) is 182 Å². The molecule has 0 aliphatic heterocycles. The van der Waals surface area contributed by atoms with Crippen LogP contribution in [-0.2, 0) is 0 Å². The van der Waals surface area contributed by atoms with Crippen LogP contribution in [0.1, 0.15) is 0 Å². The smallest absolute Gasteiger partial charge is 0.0433 e. The van der Waals surface area contributed by atoms with Crippen LogP contribution in [-0.4, -0.2) is 0 Å². The van der Waals surface area contributed by atoms with Crippen molar-refractivity contribution in [1.82, 2.24) is 0 Å². The number of rotatable bonds is 3. The maximum atomic E-state index is 2.43. The lowest BCUT2D eigenvalue weighted by Gasteiger charge is -2.18. The van der Waals surface area contributed by atoms with Gasteiger partial charge in [-0.05, 0) is 94.7 Å². The van der Waals surface area contributed by atoms with Crippen molar-refractivity contribution in [2.75, 3.05) is 0 Å². The van der Waals surface area contributed by atoms with Crippen molar-refractivity contribution >= 4 is 106 Å². The predicted octanol–water partition coefficient (Wildman–Crippen LogP) is 16.0. The lowest BCUT2D eigenvalue weighted by Crippen LogP contribution is -1.91. The second kappa shape index (κ2) is 11.6. The van der Waals surface area contributed by atoms with Crippen molar-refractivity contribution in [1.29, 1.82) is 0 Å². The van der Waals surface area contributed by atoms with Crippen molar-refractivity contribution in [3.8, 4) is 33.4 Å². The van der Waals surface area contributed by atoms with Gasteiger partial charge in [0, 0.05) is 40.3 Å². The van der Waals surface area contributed by atoms with Gasteiger partial charge in [-0.2, -0.15) is 0 Å². The van der Waals surface area contributed by atoms with E-state index in [4.69, 9.17) is 0 Å². The first-order valence-corrected chi connectivity index (χ1v) is 20.1. The number of fused-ring (bicyclic) bond motifs is 11. The molecule has 2 heteroatoms. The molecule has 0 saturated heterocycles. The topological polar surface area (TPSA) is 0 Å². The zero-order chi connectivity index (χ0) is 35.3. The Hall–Kier alpha value is -6.32. The minimum atomic E-state index is 1.26. The van der Waals surface area contributed by atoms with Gasteiger partial charge in [-0.25, -0.2) is 0 Å². The number of hydrogen-bond acceptors (Lipinski definition) is 2. The molecule has 12 rings (SSSR count). The Labute approximate surface area is 319 Å².